The van der Waals surface area contributed by atoms with E-state index in [-0.39, 0.29) is 44.0 Å². The molecule has 0 saturated heterocycles. The highest BCUT2D eigenvalue weighted by Gasteiger charge is 2.39. The average molecular weight is 1110 g/mol. The minimum atomic E-state index is -1.89. The van der Waals surface area contributed by atoms with Crippen LogP contribution in [0.5, 0.6) is 0 Å². The summed E-state index contributed by atoms with van der Waals surface area (Å²) in [5, 5.41) is 34.8. The predicted octanol–water partition coefficient (Wildman–Crippen LogP) is 0.0705. The van der Waals surface area contributed by atoms with Crippen LogP contribution >= 0.6 is 0 Å². The van der Waals surface area contributed by atoms with Gasteiger partial charge in [-0.2, -0.15) is 0 Å². The minimum absolute atomic E-state index is 0.0771. The molecule has 0 saturated carbocycles. The topological polar surface area (TPSA) is 322 Å². The van der Waals surface area contributed by atoms with Crippen LogP contribution in [0.1, 0.15) is 64.8 Å². The smallest absolute Gasteiger partial charge is 0.305 e. The third-order valence-corrected chi connectivity index (χ3v) is 12.0. The summed E-state index contributed by atoms with van der Waals surface area (Å²) in [7, 11) is 1.51. The molecule has 4 rings (SSSR count). The SMILES string of the molecule is COCCOCCOCC(=O)N[C@@H](C)C(=O)N[C@H](C)C(=O)N[C@@H](CC(=O)O)C(=O)N[C@@H](CCN(C(=O)CO)[C@@H](c1cc(-c2cc(F)ccc2F)cn1Cc1ccccc1)C(C)(C)C)C(=O)NCCNC(=O)CN1C(=O)C=CC1=O. The van der Waals surface area contributed by atoms with Crippen molar-refractivity contribution in [2.75, 3.05) is 72.9 Å². The average Bonchev–Trinajstić information content (AvgIpc) is 4.07. The number of aliphatic hydroxyl groups is 1. The Kier molecular flexibility index (Phi) is 24.8. The summed E-state index contributed by atoms with van der Waals surface area (Å²) in [6.07, 6.45) is 2.10. The van der Waals surface area contributed by atoms with Gasteiger partial charge < -0.3 is 65.8 Å². The van der Waals surface area contributed by atoms with Crippen LogP contribution in [-0.4, -0.2) is 181 Å². The Morgan fingerprint density at radius 3 is 2.00 bits per heavy atom. The second-order valence-electron chi connectivity index (χ2n) is 19.3. The zero-order valence-electron chi connectivity index (χ0n) is 44.8. The number of halogens is 2. The lowest BCUT2D eigenvalue weighted by Crippen LogP contribution is -2.58. The number of carbonyl (C=O) groups excluding carboxylic acids is 9. The van der Waals surface area contributed by atoms with E-state index in [9.17, 15) is 62.5 Å². The number of ether oxygens (including phenoxy) is 3. The van der Waals surface area contributed by atoms with E-state index in [1.165, 1.54) is 25.9 Å². The predicted molar refractivity (Wildman–Crippen MR) is 278 cm³/mol. The zero-order valence-corrected chi connectivity index (χ0v) is 44.8. The fraction of sp³-hybridized carbons (Fsp3) is 0.472. The van der Waals surface area contributed by atoms with E-state index >= 15 is 4.39 Å². The van der Waals surface area contributed by atoms with Crippen molar-refractivity contribution in [1.29, 1.82) is 0 Å². The van der Waals surface area contributed by atoms with Gasteiger partial charge in [0.25, 0.3) is 11.8 Å². The Hall–Kier alpha value is -7.94. The van der Waals surface area contributed by atoms with E-state index in [1.807, 2.05) is 18.2 Å². The molecule has 430 valence electrons. The maximum Gasteiger partial charge on any atom is 0.305 e. The maximum atomic E-state index is 15.4. The van der Waals surface area contributed by atoms with Crippen LogP contribution in [0, 0.1) is 17.0 Å². The summed E-state index contributed by atoms with van der Waals surface area (Å²) >= 11 is 0. The lowest BCUT2D eigenvalue weighted by atomic mass is 9.82. The largest absolute Gasteiger partial charge is 0.481 e. The van der Waals surface area contributed by atoms with E-state index in [1.54, 1.807) is 49.7 Å². The van der Waals surface area contributed by atoms with Crippen LogP contribution < -0.4 is 31.9 Å². The van der Waals surface area contributed by atoms with E-state index in [2.05, 4.69) is 31.9 Å². The summed E-state index contributed by atoms with van der Waals surface area (Å²) in [5.74, 6) is -10.7. The monoisotopic (exact) mass is 1110 g/mol. The molecule has 3 aromatic rings. The van der Waals surface area contributed by atoms with Gasteiger partial charge in [0.1, 0.15) is 55.6 Å². The molecular weight excluding hydrogens is 1040 g/mol. The molecule has 0 spiro atoms. The molecule has 79 heavy (non-hydrogen) atoms. The Morgan fingerprint density at radius 2 is 1.35 bits per heavy atom. The zero-order chi connectivity index (χ0) is 58.4. The number of nitrogens with one attached hydrogen (secondary N) is 6. The first kappa shape index (κ1) is 63.6. The number of aliphatic hydroxyl groups excluding tert-OH is 1. The molecule has 2 aromatic carbocycles. The molecule has 9 amide bonds. The van der Waals surface area contributed by atoms with Crippen LogP contribution in [0.25, 0.3) is 11.1 Å². The van der Waals surface area contributed by atoms with Gasteiger partial charge in [0.15, 0.2) is 0 Å². The highest BCUT2D eigenvalue weighted by Crippen LogP contribution is 2.41. The third kappa shape index (κ3) is 20.1. The van der Waals surface area contributed by atoms with Gasteiger partial charge >= 0.3 is 5.97 Å². The first-order valence-electron chi connectivity index (χ1n) is 25.2. The minimum Gasteiger partial charge on any atom is -0.481 e. The molecule has 1 aliphatic rings. The maximum absolute atomic E-state index is 15.4. The molecule has 0 unspecified atom stereocenters. The molecule has 26 heteroatoms. The van der Waals surface area contributed by atoms with Crippen molar-refractivity contribution in [2.24, 2.45) is 5.41 Å². The molecule has 0 radical (unpaired) electrons. The number of aliphatic carboxylic acids is 1. The molecule has 24 nitrogen and oxygen atoms in total. The van der Waals surface area contributed by atoms with E-state index in [0.29, 0.717) is 23.8 Å². The first-order chi connectivity index (χ1) is 37.4. The summed E-state index contributed by atoms with van der Waals surface area (Å²) < 4.78 is 47.1. The van der Waals surface area contributed by atoms with Crippen molar-refractivity contribution in [2.45, 2.75) is 84.2 Å². The van der Waals surface area contributed by atoms with Gasteiger partial charge in [-0.3, -0.25) is 52.8 Å². The van der Waals surface area contributed by atoms with E-state index in [0.717, 1.165) is 35.9 Å². The number of rotatable bonds is 32. The van der Waals surface area contributed by atoms with Crippen molar-refractivity contribution in [3.8, 4) is 11.1 Å². The van der Waals surface area contributed by atoms with Crippen molar-refractivity contribution >= 4 is 59.1 Å². The normalized spacial score (nSPS) is 14.1. The molecule has 0 aliphatic carbocycles. The number of hydrogen-bond acceptors (Lipinski definition) is 14. The Labute approximate surface area is 454 Å². The summed E-state index contributed by atoms with van der Waals surface area (Å²) in [6, 6.07) is 6.48. The lowest BCUT2D eigenvalue weighted by molar-refractivity contribution is -0.142. The van der Waals surface area contributed by atoms with Crippen LogP contribution in [0.4, 0.5) is 8.78 Å². The summed E-state index contributed by atoms with van der Waals surface area (Å²) in [4.78, 5) is 132. The number of carboxylic acid groups (broad SMARTS) is 1. The molecule has 0 bridgehead atoms. The number of amides is 9. The fourth-order valence-electron chi connectivity index (χ4n) is 8.17. The van der Waals surface area contributed by atoms with Gasteiger partial charge in [-0.15, -0.1) is 0 Å². The molecule has 5 atom stereocenters. The van der Waals surface area contributed by atoms with Crippen molar-refractivity contribution in [1.82, 2.24) is 46.3 Å². The number of aromatic nitrogens is 1. The number of hydrogen-bond donors (Lipinski definition) is 8. The highest BCUT2D eigenvalue weighted by molar-refractivity contribution is 6.14. The van der Waals surface area contributed by atoms with E-state index < -0.39 is 146 Å². The van der Waals surface area contributed by atoms with Crippen molar-refractivity contribution in [3.63, 3.8) is 0 Å². The molecule has 2 heterocycles. The van der Waals surface area contributed by atoms with Crippen molar-refractivity contribution < 1.29 is 81.1 Å². The second kappa shape index (κ2) is 30.9. The quantitative estimate of drug-likeness (QED) is 0.0303. The van der Waals surface area contributed by atoms with Gasteiger partial charge in [0.2, 0.25) is 41.4 Å². The fourth-order valence-corrected chi connectivity index (χ4v) is 8.17. The van der Waals surface area contributed by atoms with Gasteiger partial charge in [-0.25, -0.2) is 8.78 Å². The van der Waals surface area contributed by atoms with Crippen LogP contribution in [0.3, 0.4) is 0 Å². The standard InChI is InChI=1S/C53H69F2N9O15/c1-32(58-43(67)31-79-23-22-78-21-20-77-6)49(73)59-33(2)50(74)61-40(26-47(71)72)52(76)60-39(51(75)57-18-17-56-42(66)29-64-44(68)14-15-45(64)69)16-19-63(46(70)30-65)48(53(3,4)5)41-24-35(37-25-36(54)12-13-38(37)55)28-62(41)27-34-10-8-7-9-11-34/h7-15,24-25,28,32-33,39-40,48,65H,16-23,26-27,29-31H2,1-6H3,(H,56,66)(H,57,75)(H,58,67)(H,59,73)(H,60,76)(H,61,74)(H,71,72)/t32-,33+,39-,40-,48-/m0/s1. The third-order valence-electron chi connectivity index (χ3n) is 12.0. The number of imide groups is 1. The first-order valence-corrected chi connectivity index (χ1v) is 25.2. The number of carboxylic acids is 1. The number of carbonyl (C=O) groups is 10. The number of nitrogens with zero attached hydrogens (tertiary/aromatic N) is 3. The summed E-state index contributed by atoms with van der Waals surface area (Å²) in [6.45, 7) is 5.98. The Morgan fingerprint density at radius 1 is 0.734 bits per heavy atom. The molecule has 0 fully saturated rings. The Balaban J connectivity index is 1.60. The van der Waals surface area contributed by atoms with Gasteiger partial charge in [-0.1, -0.05) is 51.1 Å². The van der Waals surface area contributed by atoms with Crippen LogP contribution in [0.15, 0.2) is 72.9 Å². The second-order valence-corrected chi connectivity index (χ2v) is 19.3. The van der Waals surface area contributed by atoms with Crippen LogP contribution in [0.2, 0.25) is 0 Å². The number of benzene rings is 2. The van der Waals surface area contributed by atoms with Gasteiger partial charge in [0.05, 0.1) is 38.9 Å². The molecule has 1 aromatic heterocycles. The van der Waals surface area contributed by atoms with Gasteiger partial charge in [0, 0.05) is 68.5 Å². The molecular formula is C53H69F2N9O15. The van der Waals surface area contributed by atoms with E-state index in [4.69, 9.17) is 14.2 Å². The van der Waals surface area contributed by atoms with Gasteiger partial charge in [-0.05, 0) is 55.5 Å². The lowest BCUT2D eigenvalue weighted by Gasteiger charge is -2.41. The Bertz CT molecular complexity index is 2660. The highest BCUT2D eigenvalue weighted by atomic mass is 19.1. The molecule has 8 N–H and O–H groups in total. The number of methoxy groups -OCH3 is 1. The summed E-state index contributed by atoms with van der Waals surface area (Å²) in [5.41, 5.74) is 0.441. The van der Waals surface area contributed by atoms with Crippen molar-refractivity contribution in [3.05, 3.63) is 95.8 Å². The van der Waals surface area contributed by atoms with Crippen LogP contribution in [-0.2, 0) is 68.7 Å². The molecule has 1 aliphatic heterocycles.